The SMILES string of the molecule is Cc1ccc(CN(Cc2ccc3c(c2)OCO3)C(=O)CN(C[C@H]2CCCO2)C(=O)Nc2cc(C(F)(F)F)cc(C(F)(F)F)c2)o1. The molecule has 2 aliphatic rings. The predicted octanol–water partition coefficient (Wildman–Crippen LogP) is 6.60. The number of carbonyl (C=O) groups excluding carboxylic acids is 2. The van der Waals surface area contributed by atoms with E-state index in [1.165, 1.54) is 4.90 Å². The molecule has 1 saturated heterocycles. The van der Waals surface area contributed by atoms with Crippen molar-refractivity contribution in [2.75, 3.05) is 31.8 Å². The number of fused-ring (bicyclic) bond motifs is 1. The van der Waals surface area contributed by atoms with E-state index in [0.717, 1.165) is 4.90 Å². The highest BCUT2D eigenvalue weighted by atomic mass is 19.4. The first kappa shape index (κ1) is 32.0. The Balaban J connectivity index is 1.39. The number of nitrogens with zero attached hydrogens (tertiary/aromatic N) is 2. The molecule has 5 rings (SSSR count). The Bertz CT molecular complexity index is 1500. The van der Waals surface area contributed by atoms with E-state index in [-0.39, 0.29) is 32.5 Å². The van der Waals surface area contributed by atoms with Crippen molar-refractivity contribution in [3.63, 3.8) is 0 Å². The Hall–Kier alpha value is -4.40. The van der Waals surface area contributed by atoms with E-state index >= 15 is 0 Å². The minimum Gasteiger partial charge on any atom is -0.464 e. The maximum Gasteiger partial charge on any atom is 0.416 e. The molecule has 1 atom stereocenters. The molecule has 0 aliphatic carbocycles. The minimum absolute atomic E-state index is 0.0130. The van der Waals surface area contributed by atoms with Gasteiger partial charge in [0.15, 0.2) is 11.5 Å². The first-order valence-electron chi connectivity index (χ1n) is 13.9. The number of halogens is 6. The number of benzene rings is 2. The molecule has 0 bridgehead atoms. The van der Waals surface area contributed by atoms with Gasteiger partial charge in [0.1, 0.15) is 18.1 Å². The molecule has 1 fully saturated rings. The zero-order valence-electron chi connectivity index (χ0n) is 24.0. The van der Waals surface area contributed by atoms with Gasteiger partial charge >= 0.3 is 18.4 Å². The van der Waals surface area contributed by atoms with Crippen LogP contribution in [0.5, 0.6) is 11.5 Å². The number of amides is 3. The summed E-state index contributed by atoms with van der Waals surface area (Å²) in [4.78, 5) is 29.6. The van der Waals surface area contributed by atoms with Gasteiger partial charge in [-0.05, 0) is 67.8 Å². The highest BCUT2D eigenvalue weighted by Crippen LogP contribution is 2.38. The van der Waals surface area contributed by atoms with Gasteiger partial charge in [-0.15, -0.1) is 0 Å². The Kier molecular flexibility index (Phi) is 9.18. The number of hydrogen-bond acceptors (Lipinski definition) is 6. The van der Waals surface area contributed by atoms with Crippen LogP contribution in [0.1, 0.15) is 41.1 Å². The first-order chi connectivity index (χ1) is 21.2. The first-order valence-corrected chi connectivity index (χ1v) is 13.9. The Labute approximate surface area is 253 Å². The number of furan rings is 1. The lowest BCUT2D eigenvalue weighted by molar-refractivity contribution is -0.143. The second-order valence-electron chi connectivity index (χ2n) is 10.7. The molecule has 242 valence electrons. The fourth-order valence-electron chi connectivity index (χ4n) is 5.00. The van der Waals surface area contributed by atoms with Crippen LogP contribution in [0.25, 0.3) is 0 Å². The zero-order chi connectivity index (χ0) is 32.4. The van der Waals surface area contributed by atoms with Crippen molar-refractivity contribution in [1.29, 1.82) is 0 Å². The zero-order valence-corrected chi connectivity index (χ0v) is 24.0. The maximum absolute atomic E-state index is 13.8. The summed E-state index contributed by atoms with van der Waals surface area (Å²) in [6.45, 7) is 1.59. The average molecular weight is 642 g/mol. The van der Waals surface area contributed by atoms with Crippen LogP contribution in [-0.2, 0) is 35.0 Å². The van der Waals surface area contributed by atoms with Crippen molar-refractivity contribution in [2.45, 2.75) is 51.3 Å². The number of anilines is 1. The van der Waals surface area contributed by atoms with Crippen LogP contribution in [0.2, 0.25) is 0 Å². The smallest absolute Gasteiger partial charge is 0.416 e. The Morgan fingerprint density at radius 2 is 1.60 bits per heavy atom. The molecule has 45 heavy (non-hydrogen) atoms. The molecule has 2 aromatic carbocycles. The molecule has 15 heteroatoms. The topological polar surface area (TPSA) is 93.5 Å². The van der Waals surface area contributed by atoms with Gasteiger partial charge in [-0.3, -0.25) is 4.79 Å². The lowest BCUT2D eigenvalue weighted by Crippen LogP contribution is -2.46. The maximum atomic E-state index is 13.8. The summed E-state index contributed by atoms with van der Waals surface area (Å²) in [6, 6.07) is 8.27. The van der Waals surface area contributed by atoms with Crippen LogP contribution in [-0.4, -0.2) is 54.3 Å². The molecule has 2 aliphatic heterocycles. The van der Waals surface area contributed by atoms with E-state index in [9.17, 15) is 35.9 Å². The molecule has 0 spiro atoms. The van der Waals surface area contributed by atoms with Crippen molar-refractivity contribution in [1.82, 2.24) is 9.80 Å². The quantitative estimate of drug-likeness (QED) is 0.265. The lowest BCUT2D eigenvalue weighted by Gasteiger charge is -2.29. The van der Waals surface area contributed by atoms with Crippen LogP contribution in [0.4, 0.5) is 36.8 Å². The highest BCUT2D eigenvalue weighted by Gasteiger charge is 2.37. The fourth-order valence-corrected chi connectivity index (χ4v) is 5.00. The Morgan fingerprint density at radius 1 is 0.889 bits per heavy atom. The standard InChI is InChI=1S/C30H29F6N3O6/c1-18-4-6-24(45-18)15-38(13-19-5-7-25-26(9-19)44-17-43-25)27(40)16-39(14-23-3-2-8-42-23)28(41)37-22-11-20(29(31,32)33)10-21(12-22)30(34,35)36/h4-7,9-12,23H,2-3,8,13-17H2,1H3,(H,37,41)/t23-/m1/s1. The number of hydrogen-bond donors (Lipinski definition) is 1. The van der Waals surface area contributed by atoms with Crippen LogP contribution < -0.4 is 14.8 Å². The number of rotatable bonds is 9. The van der Waals surface area contributed by atoms with E-state index in [1.807, 2.05) is 0 Å². The summed E-state index contributed by atoms with van der Waals surface area (Å²) in [5.74, 6) is 1.54. The van der Waals surface area contributed by atoms with Gasteiger partial charge in [0.05, 0.1) is 23.8 Å². The van der Waals surface area contributed by atoms with Gasteiger partial charge in [0.25, 0.3) is 0 Å². The van der Waals surface area contributed by atoms with Crippen LogP contribution in [0.15, 0.2) is 52.9 Å². The van der Waals surface area contributed by atoms with Gasteiger partial charge < -0.3 is 33.7 Å². The predicted molar refractivity (Wildman–Crippen MR) is 146 cm³/mol. The van der Waals surface area contributed by atoms with Crippen molar-refractivity contribution in [3.8, 4) is 11.5 Å². The number of ether oxygens (including phenoxy) is 3. The van der Waals surface area contributed by atoms with E-state index < -0.39 is 53.8 Å². The number of carbonyl (C=O) groups is 2. The van der Waals surface area contributed by atoms with Crippen molar-refractivity contribution < 1.29 is 54.6 Å². The minimum atomic E-state index is -5.10. The molecule has 9 nitrogen and oxygen atoms in total. The normalized spacial score (nSPS) is 16.1. The second kappa shape index (κ2) is 12.9. The molecule has 0 radical (unpaired) electrons. The monoisotopic (exact) mass is 641 g/mol. The summed E-state index contributed by atoms with van der Waals surface area (Å²) in [7, 11) is 0. The summed E-state index contributed by atoms with van der Waals surface area (Å²) < 4.78 is 103. The molecular weight excluding hydrogens is 612 g/mol. The second-order valence-corrected chi connectivity index (χ2v) is 10.7. The number of alkyl halides is 6. The number of aryl methyl sites for hydroxylation is 1. The molecular formula is C30H29F6N3O6. The molecule has 1 N–H and O–H groups in total. The van der Waals surface area contributed by atoms with E-state index in [0.29, 0.717) is 60.2 Å². The third-order valence-corrected chi connectivity index (χ3v) is 7.21. The molecule has 3 heterocycles. The highest BCUT2D eigenvalue weighted by molar-refractivity contribution is 5.92. The molecule has 3 aromatic rings. The van der Waals surface area contributed by atoms with Crippen LogP contribution in [0.3, 0.4) is 0 Å². The van der Waals surface area contributed by atoms with E-state index in [2.05, 4.69) is 5.32 Å². The average Bonchev–Trinajstić information content (AvgIpc) is 3.74. The van der Waals surface area contributed by atoms with Gasteiger partial charge in [-0.25, -0.2) is 4.79 Å². The third-order valence-electron chi connectivity index (χ3n) is 7.21. The van der Waals surface area contributed by atoms with Gasteiger partial charge in [0, 0.05) is 25.4 Å². The van der Waals surface area contributed by atoms with Gasteiger partial charge in [-0.1, -0.05) is 6.07 Å². The lowest BCUT2D eigenvalue weighted by atomic mass is 10.1. The van der Waals surface area contributed by atoms with Gasteiger partial charge in [-0.2, -0.15) is 26.3 Å². The van der Waals surface area contributed by atoms with Crippen molar-refractivity contribution in [3.05, 3.63) is 76.7 Å². The largest absolute Gasteiger partial charge is 0.464 e. The van der Waals surface area contributed by atoms with E-state index in [1.54, 1.807) is 37.3 Å². The molecule has 0 unspecified atom stereocenters. The Morgan fingerprint density at radius 3 is 2.22 bits per heavy atom. The molecule has 3 amide bonds. The van der Waals surface area contributed by atoms with Crippen LogP contribution in [0, 0.1) is 6.92 Å². The van der Waals surface area contributed by atoms with E-state index in [4.69, 9.17) is 18.6 Å². The van der Waals surface area contributed by atoms with Crippen LogP contribution >= 0.6 is 0 Å². The van der Waals surface area contributed by atoms with Crippen molar-refractivity contribution >= 4 is 17.6 Å². The number of urea groups is 1. The molecule has 0 saturated carbocycles. The summed E-state index contributed by atoms with van der Waals surface area (Å²) in [5, 5.41) is 2.13. The van der Waals surface area contributed by atoms with Crippen molar-refractivity contribution in [2.24, 2.45) is 0 Å². The summed E-state index contributed by atoms with van der Waals surface area (Å²) >= 11 is 0. The summed E-state index contributed by atoms with van der Waals surface area (Å²) in [5.41, 5.74) is -3.22. The third kappa shape index (κ3) is 8.21. The van der Waals surface area contributed by atoms with Gasteiger partial charge in [0.2, 0.25) is 12.7 Å². The fraction of sp³-hybridized carbons (Fsp3) is 0.400. The number of nitrogens with one attached hydrogen (secondary N) is 1. The summed E-state index contributed by atoms with van der Waals surface area (Å²) in [6.07, 6.45) is -9.45. The molecule has 1 aromatic heterocycles.